The van der Waals surface area contributed by atoms with Gasteiger partial charge in [0.15, 0.2) is 6.29 Å². The molecule has 2 atom stereocenters. The molecule has 2 aromatic rings. The van der Waals surface area contributed by atoms with E-state index in [9.17, 15) is 4.21 Å². The average Bonchev–Trinajstić information content (AvgIpc) is 2.64. The summed E-state index contributed by atoms with van der Waals surface area (Å²) in [5.74, 6) is 0. The van der Waals surface area contributed by atoms with Crippen molar-refractivity contribution < 1.29 is 13.7 Å². The Balaban J connectivity index is 1.90. The molecule has 1 aromatic carbocycles. The first kappa shape index (κ1) is 20.7. The minimum Gasteiger partial charge on any atom is -0.353 e. The molecule has 0 spiro atoms. The van der Waals surface area contributed by atoms with Crippen molar-refractivity contribution in [1.29, 1.82) is 0 Å². The van der Waals surface area contributed by atoms with Crippen LogP contribution in [0.15, 0.2) is 30.6 Å². The fraction of sp³-hybridized carbons (Fsp3) is 0.550. The van der Waals surface area contributed by atoms with Gasteiger partial charge >= 0.3 is 0 Å². The van der Waals surface area contributed by atoms with Gasteiger partial charge in [0.1, 0.15) is 0 Å². The highest BCUT2D eigenvalue weighted by molar-refractivity contribution is 7.84. The summed E-state index contributed by atoms with van der Waals surface area (Å²) in [4.78, 5) is 4.27. The monoisotopic (exact) mass is 410 g/mol. The van der Waals surface area contributed by atoms with Gasteiger partial charge in [0.25, 0.3) is 0 Å². The first-order chi connectivity index (χ1) is 12.8. The van der Waals surface area contributed by atoms with E-state index in [1.54, 1.807) is 6.20 Å². The van der Waals surface area contributed by atoms with Gasteiger partial charge in [-0.15, -0.1) is 0 Å². The molecule has 1 aromatic heterocycles. The van der Waals surface area contributed by atoms with Crippen LogP contribution < -0.4 is 4.72 Å². The minimum absolute atomic E-state index is 0.149. The summed E-state index contributed by atoms with van der Waals surface area (Å²) >= 11 is 6.37. The molecule has 148 valence electrons. The van der Waals surface area contributed by atoms with Crippen LogP contribution in [0, 0.1) is 0 Å². The molecule has 1 N–H and O–H groups in total. The zero-order valence-electron chi connectivity index (χ0n) is 16.0. The van der Waals surface area contributed by atoms with Crippen molar-refractivity contribution in [3.05, 3.63) is 41.2 Å². The Morgan fingerprint density at radius 3 is 2.78 bits per heavy atom. The lowest BCUT2D eigenvalue weighted by molar-refractivity contribution is -0.182. The predicted molar refractivity (Wildman–Crippen MR) is 110 cm³/mol. The Morgan fingerprint density at radius 1 is 1.33 bits per heavy atom. The Bertz CT molecular complexity index is 803. The number of rotatable bonds is 6. The second-order valence-electron chi connectivity index (χ2n) is 7.75. The quantitative estimate of drug-likeness (QED) is 0.760. The maximum Gasteiger partial charge on any atom is 0.157 e. The van der Waals surface area contributed by atoms with Gasteiger partial charge in [0.05, 0.1) is 28.9 Å². The van der Waals surface area contributed by atoms with Crippen molar-refractivity contribution in [3.8, 4) is 0 Å². The van der Waals surface area contributed by atoms with Gasteiger partial charge < -0.3 is 9.47 Å². The number of pyridine rings is 1. The third-order valence-electron chi connectivity index (χ3n) is 4.52. The third-order valence-corrected chi connectivity index (χ3v) is 6.35. The standard InChI is InChI=1S/C20H27ClN2O3S/c1-20(2,3)27(24)23-18(5-6-19-25-9-4-10-26-19)16-12-15(21)11-14-7-8-22-13-17(14)16/h7-8,11-13,18-19,23H,4-6,9-10H2,1-3H3. The summed E-state index contributed by atoms with van der Waals surface area (Å²) in [5, 5.41) is 2.68. The Kier molecular flexibility index (Phi) is 6.87. The highest BCUT2D eigenvalue weighted by atomic mass is 35.5. The second kappa shape index (κ2) is 8.97. The van der Waals surface area contributed by atoms with Crippen molar-refractivity contribution in [3.63, 3.8) is 0 Å². The molecule has 27 heavy (non-hydrogen) atoms. The zero-order valence-corrected chi connectivity index (χ0v) is 17.6. The van der Waals surface area contributed by atoms with Gasteiger partial charge in [-0.3, -0.25) is 4.98 Å². The van der Waals surface area contributed by atoms with Crippen LogP contribution in [0.4, 0.5) is 0 Å². The number of benzene rings is 1. The summed E-state index contributed by atoms with van der Waals surface area (Å²) < 4.78 is 27.1. The molecule has 2 unspecified atom stereocenters. The summed E-state index contributed by atoms with van der Waals surface area (Å²) in [6.45, 7) is 7.32. The van der Waals surface area contributed by atoms with Crippen LogP contribution in [0.25, 0.3) is 10.8 Å². The van der Waals surface area contributed by atoms with Crippen molar-refractivity contribution >= 4 is 33.4 Å². The van der Waals surface area contributed by atoms with Crippen molar-refractivity contribution in [2.75, 3.05) is 13.2 Å². The van der Waals surface area contributed by atoms with Gasteiger partial charge in [-0.1, -0.05) is 11.6 Å². The lowest BCUT2D eigenvalue weighted by Gasteiger charge is -2.28. The summed E-state index contributed by atoms with van der Waals surface area (Å²) in [6.07, 6.45) is 5.74. The molecule has 1 saturated heterocycles. The van der Waals surface area contributed by atoms with Gasteiger partial charge in [0.2, 0.25) is 0 Å². The van der Waals surface area contributed by atoms with Crippen LogP contribution >= 0.6 is 11.6 Å². The molecular weight excluding hydrogens is 384 g/mol. The van der Waals surface area contributed by atoms with E-state index >= 15 is 0 Å². The van der Waals surface area contributed by atoms with Crippen LogP contribution in [0.2, 0.25) is 5.02 Å². The molecule has 1 fully saturated rings. The highest BCUT2D eigenvalue weighted by Gasteiger charge is 2.26. The molecule has 1 aliphatic heterocycles. The maximum absolute atomic E-state index is 12.8. The van der Waals surface area contributed by atoms with E-state index in [0.29, 0.717) is 11.4 Å². The van der Waals surface area contributed by atoms with E-state index in [2.05, 4.69) is 9.71 Å². The first-order valence-corrected chi connectivity index (χ1v) is 10.8. The summed E-state index contributed by atoms with van der Waals surface area (Å²) in [7, 11) is -1.22. The Morgan fingerprint density at radius 2 is 2.07 bits per heavy atom. The summed E-state index contributed by atoms with van der Waals surface area (Å²) in [6, 6.07) is 5.65. The highest BCUT2D eigenvalue weighted by Crippen LogP contribution is 2.32. The van der Waals surface area contributed by atoms with E-state index < -0.39 is 11.0 Å². The van der Waals surface area contributed by atoms with Crippen LogP contribution in [0.3, 0.4) is 0 Å². The fourth-order valence-corrected chi connectivity index (χ4v) is 4.16. The number of ether oxygens (including phenoxy) is 2. The van der Waals surface area contributed by atoms with Crippen molar-refractivity contribution in [2.45, 2.75) is 57.1 Å². The molecule has 0 radical (unpaired) electrons. The molecule has 0 amide bonds. The molecule has 0 bridgehead atoms. The number of nitrogens with zero attached hydrogens (tertiary/aromatic N) is 1. The topological polar surface area (TPSA) is 60.5 Å². The summed E-state index contributed by atoms with van der Waals surface area (Å²) in [5.41, 5.74) is 0.999. The number of nitrogens with one attached hydrogen (secondary N) is 1. The fourth-order valence-electron chi connectivity index (χ4n) is 3.07. The minimum atomic E-state index is -1.22. The number of hydrogen-bond acceptors (Lipinski definition) is 4. The Labute approximate surface area is 168 Å². The van der Waals surface area contributed by atoms with Crippen LogP contribution in [-0.4, -0.2) is 33.4 Å². The van der Waals surface area contributed by atoms with E-state index in [1.165, 1.54) is 0 Å². The van der Waals surface area contributed by atoms with E-state index in [0.717, 1.165) is 42.4 Å². The van der Waals surface area contributed by atoms with Crippen molar-refractivity contribution in [1.82, 2.24) is 9.71 Å². The van der Waals surface area contributed by atoms with Gasteiger partial charge in [-0.25, -0.2) is 8.93 Å². The number of fused-ring (bicyclic) bond motifs is 1. The number of halogens is 1. The van der Waals surface area contributed by atoms with Crippen molar-refractivity contribution in [2.24, 2.45) is 0 Å². The lowest BCUT2D eigenvalue weighted by Crippen LogP contribution is -2.36. The molecule has 0 aliphatic carbocycles. The molecule has 7 heteroatoms. The van der Waals surface area contributed by atoms with E-state index in [4.69, 9.17) is 21.1 Å². The maximum atomic E-state index is 12.8. The zero-order chi connectivity index (χ0) is 19.4. The number of hydrogen-bond donors (Lipinski definition) is 1. The third kappa shape index (κ3) is 5.48. The van der Waals surface area contributed by atoms with Crippen LogP contribution in [0.5, 0.6) is 0 Å². The SMILES string of the molecule is CC(C)(C)S(=O)NC(CCC1OCCCO1)c1cc(Cl)cc2ccncc12. The second-order valence-corrected chi connectivity index (χ2v) is 10.2. The normalized spacial score (nSPS) is 18.5. The van der Waals surface area contributed by atoms with Gasteiger partial charge in [-0.2, -0.15) is 0 Å². The molecule has 1 aliphatic rings. The first-order valence-electron chi connectivity index (χ1n) is 9.29. The lowest BCUT2D eigenvalue weighted by atomic mass is 9.97. The molecule has 3 rings (SSSR count). The average molecular weight is 411 g/mol. The predicted octanol–water partition coefficient (Wildman–Crippen LogP) is 4.52. The van der Waals surface area contributed by atoms with Gasteiger partial charge in [0, 0.05) is 35.3 Å². The smallest absolute Gasteiger partial charge is 0.157 e. The van der Waals surface area contributed by atoms with Gasteiger partial charge in [-0.05, 0) is 62.8 Å². The molecule has 0 saturated carbocycles. The van der Waals surface area contributed by atoms with E-state index in [1.807, 2.05) is 45.2 Å². The van der Waals surface area contributed by atoms with Crippen LogP contribution in [0.1, 0.15) is 51.6 Å². The largest absolute Gasteiger partial charge is 0.353 e. The molecular formula is C20H27ClN2O3S. The number of aromatic nitrogens is 1. The Hall–Kier alpha value is -1.05. The van der Waals surface area contributed by atoms with Crippen LogP contribution in [-0.2, 0) is 20.5 Å². The molecule has 5 nitrogen and oxygen atoms in total. The molecule has 2 heterocycles. The van der Waals surface area contributed by atoms with E-state index in [-0.39, 0.29) is 17.1 Å².